The molecule has 1 unspecified atom stereocenters. The van der Waals surface area contributed by atoms with E-state index in [0.717, 1.165) is 55.0 Å². The molecule has 1 aliphatic carbocycles. The maximum Gasteiger partial charge on any atom is 0.225 e. The van der Waals surface area contributed by atoms with Gasteiger partial charge in [0.25, 0.3) is 0 Å². The molecule has 2 aromatic rings. The van der Waals surface area contributed by atoms with Crippen LogP contribution in [0.2, 0.25) is 0 Å². The van der Waals surface area contributed by atoms with Gasteiger partial charge in [-0.05, 0) is 76.8 Å². The van der Waals surface area contributed by atoms with Gasteiger partial charge < -0.3 is 15.0 Å². The average Bonchev–Trinajstić information content (AvgIpc) is 3.41. The summed E-state index contributed by atoms with van der Waals surface area (Å²) in [6.07, 6.45) is 6.07. The molecule has 0 aliphatic heterocycles. The number of hydrogen-bond acceptors (Lipinski definition) is 4. The molecule has 1 amide bonds. The summed E-state index contributed by atoms with van der Waals surface area (Å²) in [6.45, 7) is 14.4. The summed E-state index contributed by atoms with van der Waals surface area (Å²) in [7, 11) is 0. The minimum Gasteiger partial charge on any atom is -0.390 e. The quantitative estimate of drug-likeness (QED) is 0.470. The number of nitrogens with zero attached hydrogens (tertiary/aromatic N) is 3. The first-order valence-corrected chi connectivity index (χ1v) is 12.4. The molecule has 3 rings (SSSR count). The van der Waals surface area contributed by atoms with Crippen LogP contribution in [0.5, 0.6) is 0 Å². The molecule has 6 nitrogen and oxygen atoms in total. The predicted molar refractivity (Wildman–Crippen MR) is 134 cm³/mol. The molecule has 182 valence electrons. The topological polar surface area (TPSA) is 80.0 Å². The van der Waals surface area contributed by atoms with Crippen LogP contribution >= 0.6 is 0 Å². The Labute approximate surface area is 199 Å². The van der Waals surface area contributed by atoms with Crippen molar-refractivity contribution in [3.05, 3.63) is 41.0 Å². The van der Waals surface area contributed by atoms with Crippen LogP contribution < -0.4 is 5.32 Å². The normalized spacial score (nSPS) is 15.5. The molecule has 1 heterocycles. The zero-order valence-electron chi connectivity index (χ0n) is 21.5. The number of benzene rings is 1. The van der Waals surface area contributed by atoms with Crippen LogP contribution in [-0.2, 0) is 11.2 Å². The third kappa shape index (κ3) is 7.66. The molecule has 1 aliphatic rings. The fraction of sp³-hybridized carbons (Fsp3) is 0.667. The van der Waals surface area contributed by atoms with Crippen molar-refractivity contribution >= 4 is 11.6 Å². The smallest absolute Gasteiger partial charge is 0.225 e. The van der Waals surface area contributed by atoms with Crippen LogP contribution in [0.25, 0.3) is 0 Å². The van der Waals surface area contributed by atoms with E-state index in [0.29, 0.717) is 17.9 Å². The molecule has 2 N–H and O–H groups in total. The Hall–Kier alpha value is -2.21. The van der Waals surface area contributed by atoms with Crippen molar-refractivity contribution in [2.75, 3.05) is 5.32 Å². The summed E-state index contributed by atoms with van der Waals surface area (Å²) in [5, 5.41) is 22.8. The first kappa shape index (κ1) is 25.4. The maximum atomic E-state index is 13.1. The third-order valence-corrected chi connectivity index (χ3v) is 6.23. The van der Waals surface area contributed by atoms with E-state index in [4.69, 9.17) is 0 Å². The summed E-state index contributed by atoms with van der Waals surface area (Å²) < 4.78 is 2.28. The van der Waals surface area contributed by atoms with Crippen LogP contribution in [0.3, 0.4) is 0 Å². The van der Waals surface area contributed by atoms with Crippen molar-refractivity contribution in [1.29, 1.82) is 0 Å². The van der Waals surface area contributed by atoms with Crippen LogP contribution in [-0.4, -0.2) is 31.4 Å². The Morgan fingerprint density at radius 1 is 1.18 bits per heavy atom. The van der Waals surface area contributed by atoms with E-state index >= 15 is 0 Å². The number of aromatic nitrogens is 3. The number of aryl methyl sites for hydroxylation is 3. The lowest BCUT2D eigenvalue weighted by Gasteiger charge is -2.25. The van der Waals surface area contributed by atoms with Gasteiger partial charge in [0, 0.05) is 30.5 Å². The van der Waals surface area contributed by atoms with E-state index in [-0.39, 0.29) is 18.2 Å². The van der Waals surface area contributed by atoms with Gasteiger partial charge in [0.2, 0.25) is 5.91 Å². The van der Waals surface area contributed by atoms with E-state index < -0.39 is 5.60 Å². The van der Waals surface area contributed by atoms with E-state index in [1.807, 2.05) is 26.0 Å². The van der Waals surface area contributed by atoms with Gasteiger partial charge in [-0.25, -0.2) is 0 Å². The molecule has 1 fully saturated rings. The highest BCUT2D eigenvalue weighted by molar-refractivity contribution is 5.92. The third-order valence-electron chi connectivity index (χ3n) is 6.23. The molecule has 33 heavy (non-hydrogen) atoms. The highest BCUT2D eigenvalue weighted by Crippen LogP contribution is 2.40. The Bertz CT molecular complexity index is 961. The molecule has 1 saturated carbocycles. The number of carbonyl (C=O) groups excluding carboxylic acids is 1. The van der Waals surface area contributed by atoms with Gasteiger partial charge >= 0.3 is 0 Å². The van der Waals surface area contributed by atoms with Gasteiger partial charge in [-0.2, -0.15) is 0 Å². The van der Waals surface area contributed by atoms with Gasteiger partial charge in [0.05, 0.1) is 5.60 Å². The molecule has 0 saturated heterocycles. The second kappa shape index (κ2) is 9.96. The second-order valence-electron chi connectivity index (χ2n) is 11.8. The first-order chi connectivity index (χ1) is 15.3. The monoisotopic (exact) mass is 454 g/mol. The number of hydrogen-bond donors (Lipinski definition) is 2. The van der Waals surface area contributed by atoms with Crippen LogP contribution in [0.1, 0.15) is 108 Å². The van der Waals surface area contributed by atoms with Crippen molar-refractivity contribution in [1.82, 2.24) is 14.8 Å². The Kier molecular flexibility index (Phi) is 7.67. The van der Waals surface area contributed by atoms with Crippen LogP contribution in [0.15, 0.2) is 18.2 Å². The zero-order chi connectivity index (χ0) is 24.4. The molecule has 1 atom stereocenters. The Morgan fingerprint density at radius 3 is 2.45 bits per heavy atom. The number of nitrogens with one attached hydrogen (secondary N) is 1. The van der Waals surface area contributed by atoms with Gasteiger partial charge in [-0.3, -0.25) is 4.79 Å². The Balaban J connectivity index is 1.80. The van der Waals surface area contributed by atoms with Gasteiger partial charge in [0.15, 0.2) is 0 Å². The van der Waals surface area contributed by atoms with E-state index in [2.05, 4.69) is 46.9 Å². The number of rotatable bonds is 10. The van der Waals surface area contributed by atoms with Crippen molar-refractivity contribution < 1.29 is 9.90 Å². The van der Waals surface area contributed by atoms with Crippen molar-refractivity contribution in [3.63, 3.8) is 0 Å². The lowest BCUT2D eigenvalue weighted by molar-refractivity contribution is -0.116. The first-order valence-electron chi connectivity index (χ1n) is 12.4. The fourth-order valence-corrected chi connectivity index (χ4v) is 4.53. The van der Waals surface area contributed by atoms with Gasteiger partial charge in [-0.15, -0.1) is 10.2 Å². The largest absolute Gasteiger partial charge is 0.390 e. The zero-order valence-corrected chi connectivity index (χ0v) is 21.5. The summed E-state index contributed by atoms with van der Waals surface area (Å²) in [5.74, 6) is 1.62. The maximum absolute atomic E-state index is 13.1. The Morgan fingerprint density at radius 2 is 1.88 bits per heavy atom. The summed E-state index contributed by atoms with van der Waals surface area (Å²) in [4.78, 5) is 13.1. The van der Waals surface area contributed by atoms with Crippen molar-refractivity contribution in [2.45, 2.75) is 111 Å². The second-order valence-corrected chi connectivity index (χ2v) is 11.8. The molecule has 0 radical (unpaired) electrons. The molecule has 1 aromatic heterocycles. The summed E-state index contributed by atoms with van der Waals surface area (Å²) in [5.41, 5.74) is 2.44. The number of carbonyl (C=O) groups is 1. The minimum absolute atomic E-state index is 0.0594. The number of aliphatic hydroxyl groups is 1. The molecule has 0 spiro atoms. The van der Waals surface area contributed by atoms with Crippen LogP contribution in [0.4, 0.5) is 5.69 Å². The van der Waals surface area contributed by atoms with E-state index in [9.17, 15) is 9.90 Å². The molecule has 0 bridgehead atoms. The van der Waals surface area contributed by atoms with E-state index in [1.54, 1.807) is 13.8 Å². The summed E-state index contributed by atoms with van der Waals surface area (Å²) >= 11 is 0. The average molecular weight is 455 g/mol. The predicted octanol–water partition coefficient (Wildman–Crippen LogP) is 5.87. The molecule has 6 heteroatoms. The standard InChI is InChI=1S/C27H42N4O2/c1-18-10-13-22(19(2)15-18)28-24(32)16-20(17-27(6,7)33)25-30-29-23(31(25)21-11-12-21)9-8-14-26(3,4)5/h10,13,15,20-21,33H,8-9,11-12,14,16-17H2,1-7H3,(H,28,32). The van der Waals surface area contributed by atoms with Gasteiger partial charge in [-0.1, -0.05) is 38.5 Å². The van der Waals surface area contributed by atoms with E-state index in [1.165, 1.54) is 5.56 Å². The lowest BCUT2D eigenvalue weighted by atomic mass is 9.89. The highest BCUT2D eigenvalue weighted by atomic mass is 16.3. The fourth-order valence-electron chi connectivity index (χ4n) is 4.53. The van der Waals surface area contributed by atoms with Crippen molar-refractivity contribution in [3.8, 4) is 0 Å². The number of anilines is 1. The van der Waals surface area contributed by atoms with Crippen LogP contribution in [0, 0.1) is 19.3 Å². The highest BCUT2D eigenvalue weighted by Gasteiger charge is 2.35. The minimum atomic E-state index is -0.905. The van der Waals surface area contributed by atoms with Crippen molar-refractivity contribution in [2.24, 2.45) is 5.41 Å². The molecular formula is C27H42N4O2. The molecular weight excluding hydrogens is 412 g/mol. The summed E-state index contributed by atoms with van der Waals surface area (Å²) in [6, 6.07) is 6.45. The number of amides is 1. The molecule has 1 aromatic carbocycles. The lowest BCUT2D eigenvalue weighted by Crippen LogP contribution is -2.27. The SMILES string of the molecule is Cc1ccc(NC(=O)CC(CC(C)(C)O)c2nnc(CCCC(C)(C)C)n2C2CC2)c(C)c1. The van der Waals surface area contributed by atoms with Gasteiger partial charge in [0.1, 0.15) is 11.6 Å².